The largest absolute Gasteiger partial charge is 0.370 e. The number of carbonyl (C=O) groups is 1. The molecule has 17 heavy (non-hydrogen) atoms. The fraction of sp³-hybridized carbons (Fsp3) is 0.154. The van der Waals surface area contributed by atoms with Crippen LogP contribution in [0.2, 0.25) is 0 Å². The second kappa shape index (κ2) is 4.85. The van der Waals surface area contributed by atoms with Crippen molar-refractivity contribution < 1.29 is 4.79 Å². The number of benzene rings is 2. The van der Waals surface area contributed by atoms with E-state index in [-0.39, 0.29) is 12.5 Å². The number of fused-ring (bicyclic) bond motifs is 1. The molecule has 4 N–H and O–H groups in total. The standard InChI is InChI=1S/C13H13BrN2O/c14-13-9-4-2-1-3-8(9)5-6-10(13)11(15)7-12(16)17/h1-6,11H,7,15H2,(H2,16,17). The third kappa shape index (κ3) is 2.48. The number of nitrogens with two attached hydrogens (primary N) is 2. The molecule has 2 aromatic carbocycles. The van der Waals surface area contributed by atoms with Crippen LogP contribution >= 0.6 is 15.9 Å². The fourth-order valence-corrected chi connectivity index (χ4v) is 2.65. The van der Waals surface area contributed by atoms with Crippen LogP contribution in [-0.4, -0.2) is 5.91 Å². The minimum Gasteiger partial charge on any atom is -0.370 e. The van der Waals surface area contributed by atoms with Crippen molar-refractivity contribution in [3.8, 4) is 0 Å². The van der Waals surface area contributed by atoms with E-state index in [1.807, 2.05) is 36.4 Å². The van der Waals surface area contributed by atoms with Gasteiger partial charge in [-0.05, 0) is 32.3 Å². The normalized spacial score (nSPS) is 12.6. The highest BCUT2D eigenvalue weighted by molar-refractivity contribution is 9.10. The van der Waals surface area contributed by atoms with Crippen LogP contribution in [0.1, 0.15) is 18.0 Å². The molecule has 0 aliphatic carbocycles. The Morgan fingerprint density at radius 2 is 1.94 bits per heavy atom. The van der Waals surface area contributed by atoms with Crippen LogP contribution in [-0.2, 0) is 4.79 Å². The van der Waals surface area contributed by atoms with Crippen LogP contribution in [0.3, 0.4) is 0 Å². The van der Waals surface area contributed by atoms with E-state index in [4.69, 9.17) is 11.5 Å². The highest BCUT2D eigenvalue weighted by atomic mass is 79.9. The zero-order valence-corrected chi connectivity index (χ0v) is 10.8. The minimum absolute atomic E-state index is 0.150. The molecule has 0 spiro atoms. The molecule has 0 bridgehead atoms. The van der Waals surface area contributed by atoms with Crippen molar-refractivity contribution in [2.45, 2.75) is 12.5 Å². The lowest BCUT2D eigenvalue weighted by atomic mass is 10.0. The van der Waals surface area contributed by atoms with Crippen LogP contribution in [0.25, 0.3) is 10.8 Å². The average Bonchev–Trinajstić information content (AvgIpc) is 2.28. The zero-order valence-electron chi connectivity index (χ0n) is 9.19. The third-order valence-electron chi connectivity index (χ3n) is 2.71. The van der Waals surface area contributed by atoms with Crippen molar-refractivity contribution >= 4 is 32.6 Å². The maximum atomic E-state index is 10.9. The first-order valence-corrected chi connectivity index (χ1v) is 6.10. The smallest absolute Gasteiger partial charge is 0.219 e. The number of carbonyl (C=O) groups excluding carboxylic acids is 1. The van der Waals surface area contributed by atoms with Crippen molar-refractivity contribution in [3.05, 3.63) is 46.4 Å². The van der Waals surface area contributed by atoms with E-state index in [1.54, 1.807) is 0 Å². The lowest BCUT2D eigenvalue weighted by molar-refractivity contribution is -0.118. The second-order valence-electron chi connectivity index (χ2n) is 3.97. The van der Waals surface area contributed by atoms with Gasteiger partial charge in [-0.1, -0.05) is 36.4 Å². The van der Waals surface area contributed by atoms with E-state index < -0.39 is 5.91 Å². The average molecular weight is 293 g/mol. The summed E-state index contributed by atoms with van der Waals surface area (Å²) in [6, 6.07) is 11.6. The molecule has 0 fully saturated rings. The molecule has 1 amide bonds. The molecule has 0 saturated heterocycles. The second-order valence-corrected chi connectivity index (χ2v) is 4.76. The molecule has 2 aromatic rings. The minimum atomic E-state index is -0.391. The summed E-state index contributed by atoms with van der Waals surface area (Å²) >= 11 is 3.54. The van der Waals surface area contributed by atoms with Gasteiger partial charge in [0.05, 0.1) is 0 Å². The van der Waals surface area contributed by atoms with E-state index in [9.17, 15) is 4.79 Å². The maximum absolute atomic E-state index is 10.9. The van der Waals surface area contributed by atoms with Gasteiger partial charge in [-0.2, -0.15) is 0 Å². The Balaban J connectivity index is 2.48. The first-order valence-electron chi connectivity index (χ1n) is 5.30. The maximum Gasteiger partial charge on any atom is 0.219 e. The van der Waals surface area contributed by atoms with Crippen LogP contribution in [0.5, 0.6) is 0 Å². The monoisotopic (exact) mass is 292 g/mol. The summed E-state index contributed by atoms with van der Waals surface area (Å²) in [7, 11) is 0. The summed E-state index contributed by atoms with van der Waals surface area (Å²) < 4.78 is 0.935. The first-order chi connectivity index (χ1) is 8.09. The molecule has 0 aliphatic heterocycles. The van der Waals surface area contributed by atoms with Gasteiger partial charge in [0.1, 0.15) is 0 Å². The van der Waals surface area contributed by atoms with Gasteiger partial charge in [-0.25, -0.2) is 0 Å². The third-order valence-corrected chi connectivity index (χ3v) is 3.60. The summed E-state index contributed by atoms with van der Waals surface area (Å²) in [6.07, 6.45) is 0.150. The summed E-state index contributed by atoms with van der Waals surface area (Å²) in [5.41, 5.74) is 12.0. The molecule has 4 heteroatoms. The number of rotatable bonds is 3. The topological polar surface area (TPSA) is 69.1 Å². The summed E-state index contributed by atoms with van der Waals surface area (Å²) in [4.78, 5) is 10.9. The molecule has 2 rings (SSSR count). The van der Waals surface area contributed by atoms with Gasteiger partial charge in [0.2, 0.25) is 5.91 Å². The number of primary amides is 1. The van der Waals surface area contributed by atoms with Gasteiger partial charge in [-0.3, -0.25) is 4.79 Å². The molecule has 0 aliphatic rings. The predicted octanol–water partition coefficient (Wildman–Crippen LogP) is 2.48. The van der Waals surface area contributed by atoms with Gasteiger partial charge >= 0.3 is 0 Å². The van der Waals surface area contributed by atoms with Crippen LogP contribution < -0.4 is 11.5 Å². The molecule has 0 heterocycles. The Kier molecular flexibility index (Phi) is 3.45. The first kappa shape index (κ1) is 12.1. The molecule has 3 nitrogen and oxygen atoms in total. The zero-order chi connectivity index (χ0) is 12.4. The Labute approximate surface area is 108 Å². The Morgan fingerprint density at radius 3 is 2.65 bits per heavy atom. The van der Waals surface area contributed by atoms with Crippen molar-refractivity contribution in [1.82, 2.24) is 0 Å². The summed E-state index contributed by atoms with van der Waals surface area (Å²) in [5, 5.41) is 2.22. The number of hydrogen-bond acceptors (Lipinski definition) is 2. The molecule has 0 aromatic heterocycles. The quantitative estimate of drug-likeness (QED) is 0.912. The van der Waals surface area contributed by atoms with Crippen LogP contribution in [0.4, 0.5) is 0 Å². The van der Waals surface area contributed by atoms with Gasteiger partial charge in [0, 0.05) is 16.9 Å². The lowest BCUT2D eigenvalue weighted by Crippen LogP contribution is -2.21. The number of amides is 1. The van der Waals surface area contributed by atoms with Crippen molar-refractivity contribution in [2.75, 3.05) is 0 Å². The van der Waals surface area contributed by atoms with E-state index in [2.05, 4.69) is 15.9 Å². The summed E-state index contributed by atoms with van der Waals surface area (Å²) in [6.45, 7) is 0. The molecule has 88 valence electrons. The van der Waals surface area contributed by atoms with Gasteiger partial charge in [-0.15, -0.1) is 0 Å². The van der Waals surface area contributed by atoms with Gasteiger partial charge in [0.25, 0.3) is 0 Å². The molecule has 1 atom stereocenters. The molecular weight excluding hydrogens is 280 g/mol. The number of hydrogen-bond donors (Lipinski definition) is 2. The van der Waals surface area contributed by atoms with Gasteiger partial charge < -0.3 is 11.5 Å². The van der Waals surface area contributed by atoms with Crippen molar-refractivity contribution in [2.24, 2.45) is 11.5 Å². The van der Waals surface area contributed by atoms with Gasteiger partial charge in [0.15, 0.2) is 0 Å². The highest BCUT2D eigenvalue weighted by Crippen LogP contribution is 2.31. The molecule has 0 saturated carbocycles. The lowest BCUT2D eigenvalue weighted by Gasteiger charge is -2.13. The molecule has 1 unspecified atom stereocenters. The molecular formula is C13H13BrN2O. The van der Waals surface area contributed by atoms with Crippen LogP contribution in [0.15, 0.2) is 40.9 Å². The number of halogens is 1. The van der Waals surface area contributed by atoms with E-state index in [1.165, 1.54) is 0 Å². The van der Waals surface area contributed by atoms with E-state index in [0.29, 0.717) is 0 Å². The van der Waals surface area contributed by atoms with E-state index in [0.717, 1.165) is 20.8 Å². The Bertz CT molecular complexity index is 568. The van der Waals surface area contributed by atoms with E-state index >= 15 is 0 Å². The Morgan fingerprint density at radius 1 is 1.24 bits per heavy atom. The predicted molar refractivity (Wildman–Crippen MR) is 72.4 cm³/mol. The summed E-state index contributed by atoms with van der Waals surface area (Å²) in [5.74, 6) is -0.391. The fourth-order valence-electron chi connectivity index (χ4n) is 1.86. The van der Waals surface area contributed by atoms with Crippen molar-refractivity contribution in [1.29, 1.82) is 0 Å². The SMILES string of the molecule is NC(=O)CC(N)c1ccc2ccccc2c1Br. The Hall–Kier alpha value is -1.39. The van der Waals surface area contributed by atoms with Crippen molar-refractivity contribution in [3.63, 3.8) is 0 Å². The van der Waals surface area contributed by atoms with Crippen LogP contribution in [0, 0.1) is 0 Å². The highest BCUT2D eigenvalue weighted by Gasteiger charge is 2.14. The molecule has 0 radical (unpaired) electrons.